The molecule has 0 unspecified atom stereocenters. The van der Waals surface area contributed by atoms with E-state index in [1.54, 1.807) is 12.4 Å². The van der Waals surface area contributed by atoms with E-state index in [4.69, 9.17) is 9.40 Å². The normalized spacial score (nSPS) is 13.2. The van der Waals surface area contributed by atoms with Gasteiger partial charge in [-0.3, -0.25) is 4.98 Å². The van der Waals surface area contributed by atoms with Gasteiger partial charge in [-0.05, 0) is 83.1 Å². The Morgan fingerprint density at radius 2 is 1.53 bits per heavy atom. The Labute approximate surface area is 324 Å². The summed E-state index contributed by atoms with van der Waals surface area (Å²) in [6, 6.07) is 35.0. The number of hydrogen-bond donors (Lipinski definition) is 0. The van der Waals surface area contributed by atoms with Gasteiger partial charge in [-0.2, -0.15) is 0 Å². The van der Waals surface area contributed by atoms with E-state index >= 15 is 0 Å². The molecular weight excluding hydrogens is 834 g/mol. The fourth-order valence-electron chi connectivity index (χ4n) is 7.90. The molecule has 9 rings (SSSR count). The zero-order valence-corrected chi connectivity index (χ0v) is 33.2. The average molecular weight is 876 g/mol. The molecule has 0 bridgehead atoms. The molecule has 0 N–H and O–H groups in total. The van der Waals surface area contributed by atoms with Gasteiger partial charge in [0.05, 0.1) is 11.1 Å². The Balaban J connectivity index is 0.000000165. The Kier molecular flexibility index (Phi) is 10.6. The Morgan fingerprint density at radius 3 is 2.32 bits per heavy atom. The maximum Gasteiger partial charge on any atom is 0.130 e. The standard InChI is InChI=1S/C26H21FNO.C21H21N2.Ir/c1-15(2)11-17-14-20-19(8-6-9-23(20)27)25(28-17)22-13-16(3)12-21-18-7-4-5-10-24(18)29-26(21)22;1-14-9-15(2)11-18(10-14)21-19-8-7-17(16-5-3-4-6-16)12-20(19)22-13-23-21;/h4-10,12,14-15H,11H2,1-3H3;7-10,12-13,16H,3-6H2,1-2H3;/q2*-1;. The molecule has 6 heteroatoms. The molecule has 0 saturated heterocycles. The average Bonchev–Trinajstić information content (AvgIpc) is 3.80. The van der Waals surface area contributed by atoms with Crippen molar-refractivity contribution in [3.63, 3.8) is 0 Å². The van der Waals surface area contributed by atoms with Crippen LogP contribution in [0.1, 0.15) is 73.4 Å². The molecule has 1 aliphatic carbocycles. The molecule has 1 aliphatic rings. The number of furan rings is 1. The van der Waals surface area contributed by atoms with Gasteiger partial charge in [0, 0.05) is 36.6 Å². The molecule has 1 saturated carbocycles. The summed E-state index contributed by atoms with van der Waals surface area (Å²) < 4.78 is 20.9. The van der Waals surface area contributed by atoms with Crippen LogP contribution in [0.3, 0.4) is 0 Å². The number of halogens is 1. The summed E-state index contributed by atoms with van der Waals surface area (Å²) in [5.41, 5.74) is 11.9. The van der Waals surface area contributed by atoms with Crippen LogP contribution in [0.15, 0.2) is 95.7 Å². The molecule has 1 radical (unpaired) electrons. The van der Waals surface area contributed by atoms with Crippen molar-refractivity contribution in [2.45, 2.75) is 72.6 Å². The van der Waals surface area contributed by atoms with Crippen molar-refractivity contribution >= 4 is 43.6 Å². The van der Waals surface area contributed by atoms with Crippen LogP contribution in [0.5, 0.6) is 0 Å². The van der Waals surface area contributed by atoms with Crippen LogP contribution < -0.4 is 0 Å². The van der Waals surface area contributed by atoms with Gasteiger partial charge in [0.25, 0.3) is 0 Å². The van der Waals surface area contributed by atoms with Crippen LogP contribution in [0, 0.1) is 44.6 Å². The molecule has 0 atom stereocenters. The molecule has 3 heterocycles. The zero-order chi connectivity index (χ0) is 35.9. The smallest absolute Gasteiger partial charge is 0.130 e. The van der Waals surface area contributed by atoms with Crippen molar-refractivity contribution in [3.8, 4) is 22.5 Å². The summed E-state index contributed by atoms with van der Waals surface area (Å²) in [4.78, 5) is 14.0. The minimum absolute atomic E-state index is 0. The molecule has 3 aromatic heterocycles. The molecule has 4 nitrogen and oxygen atoms in total. The summed E-state index contributed by atoms with van der Waals surface area (Å²) in [6.07, 6.45) is 7.81. The monoisotopic (exact) mass is 876 g/mol. The fourth-order valence-corrected chi connectivity index (χ4v) is 7.90. The van der Waals surface area contributed by atoms with E-state index in [-0.39, 0.29) is 25.9 Å². The number of pyridine rings is 1. The molecule has 0 aliphatic heterocycles. The van der Waals surface area contributed by atoms with E-state index < -0.39 is 0 Å². The number of benzene rings is 5. The molecule has 0 spiro atoms. The van der Waals surface area contributed by atoms with E-state index in [1.165, 1.54) is 42.9 Å². The van der Waals surface area contributed by atoms with Gasteiger partial charge < -0.3 is 9.40 Å². The number of aromatic nitrogens is 3. The third-order valence-electron chi connectivity index (χ3n) is 10.2. The van der Waals surface area contributed by atoms with Crippen LogP contribution in [0.25, 0.3) is 66.1 Å². The van der Waals surface area contributed by atoms with Crippen molar-refractivity contribution in [1.82, 2.24) is 15.0 Å². The fraction of sp³-hybridized carbons (Fsp3) is 0.255. The van der Waals surface area contributed by atoms with Crippen LogP contribution in [0.4, 0.5) is 4.39 Å². The second kappa shape index (κ2) is 15.3. The maximum atomic E-state index is 14.7. The minimum atomic E-state index is -0.232. The number of rotatable bonds is 5. The van der Waals surface area contributed by atoms with E-state index in [0.717, 1.165) is 84.0 Å². The van der Waals surface area contributed by atoms with E-state index in [9.17, 15) is 4.39 Å². The van der Waals surface area contributed by atoms with E-state index in [0.29, 0.717) is 17.2 Å². The quantitative estimate of drug-likeness (QED) is 0.162. The Hall–Kier alpha value is -4.77. The summed E-state index contributed by atoms with van der Waals surface area (Å²) in [5.74, 6) is 0.905. The van der Waals surface area contributed by atoms with Crippen molar-refractivity contribution in [3.05, 3.63) is 137 Å². The molecule has 53 heavy (non-hydrogen) atoms. The summed E-state index contributed by atoms with van der Waals surface area (Å²) in [5, 5.41) is 4.59. The van der Waals surface area contributed by atoms with Crippen molar-refractivity contribution in [1.29, 1.82) is 0 Å². The van der Waals surface area contributed by atoms with Crippen LogP contribution in [-0.4, -0.2) is 15.0 Å². The van der Waals surface area contributed by atoms with Crippen LogP contribution in [-0.2, 0) is 26.5 Å². The van der Waals surface area contributed by atoms with Crippen LogP contribution >= 0.6 is 0 Å². The first-order valence-electron chi connectivity index (χ1n) is 18.4. The van der Waals surface area contributed by atoms with Crippen LogP contribution in [0.2, 0.25) is 0 Å². The first-order valence-corrected chi connectivity index (χ1v) is 18.4. The number of aryl methyl sites for hydroxylation is 3. The minimum Gasteiger partial charge on any atom is -0.501 e. The summed E-state index contributed by atoms with van der Waals surface area (Å²) >= 11 is 0. The van der Waals surface area contributed by atoms with Gasteiger partial charge in [0.2, 0.25) is 0 Å². The summed E-state index contributed by atoms with van der Waals surface area (Å²) in [7, 11) is 0. The van der Waals surface area contributed by atoms with Gasteiger partial charge in [0.15, 0.2) is 0 Å². The molecule has 5 aromatic carbocycles. The summed E-state index contributed by atoms with van der Waals surface area (Å²) in [6.45, 7) is 10.5. The van der Waals surface area contributed by atoms with Crippen molar-refractivity contribution < 1.29 is 28.9 Å². The molecule has 0 amide bonds. The topological polar surface area (TPSA) is 51.8 Å². The van der Waals surface area contributed by atoms with Gasteiger partial charge in [0.1, 0.15) is 17.7 Å². The zero-order valence-electron chi connectivity index (χ0n) is 30.8. The molecule has 1 fully saturated rings. The predicted molar refractivity (Wildman–Crippen MR) is 211 cm³/mol. The van der Waals surface area contributed by atoms with Gasteiger partial charge >= 0.3 is 0 Å². The molecule has 269 valence electrons. The molecule has 8 aromatic rings. The SMILES string of the molecule is Cc1[c-]c(-c2nc(CC(C)C)cc3c(F)cccc23)c2oc3ccccc3c2c1.Cc1[c-]c(-c2ncnc3cc(C4CCCC4)ccc23)cc(C)c1.[Ir]. The van der Waals surface area contributed by atoms with Gasteiger partial charge in [-0.15, -0.1) is 52.6 Å². The van der Waals surface area contributed by atoms with Gasteiger partial charge in [-0.25, -0.2) is 9.37 Å². The third-order valence-corrected chi connectivity index (χ3v) is 10.2. The Morgan fingerprint density at radius 1 is 0.755 bits per heavy atom. The van der Waals surface area contributed by atoms with E-state index in [2.05, 4.69) is 92.3 Å². The number of hydrogen-bond acceptors (Lipinski definition) is 4. The maximum absolute atomic E-state index is 14.7. The number of nitrogens with zero attached hydrogens (tertiary/aromatic N) is 3. The molecular formula is C47H42FIrN3O-2. The second-order valence-corrected chi connectivity index (χ2v) is 14.8. The number of fused-ring (bicyclic) bond motifs is 5. The largest absolute Gasteiger partial charge is 0.501 e. The second-order valence-electron chi connectivity index (χ2n) is 14.8. The predicted octanol–water partition coefficient (Wildman–Crippen LogP) is 12.6. The van der Waals surface area contributed by atoms with Gasteiger partial charge in [-0.1, -0.05) is 101 Å². The van der Waals surface area contributed by atoms with Crippen molar-refractivity contribution in [2.75, 3.05) is 0 Å². The van der Waals surface area contributed by atoms with Crippen molar-refractivity contribution in [2.24, 2.45) is 5.92 Å². The first kappa shape index (κ1) is 36.6. The Bertz CT molecular complexity index is 2580. The third kappa shape index (κ3) is 7.40. The first-order chi connectivity index (χ1) is 25.2. The number of para-hydroxylation sites is 1. The van der Waals surface area contributed by atoms with E-state index in [1.807, 2.05) is 37.3 Å².